The first kappa shape index (κ1) is 9.31. The number of halogens is 4. The second kappa shape index (κ2) is 4.18. The Balaban J connectivity index is 3.46. The summed E-state index contributed by atoms with van der Waals surface area (Å²) in [6.45, 7) is 0. The zero-order valence-corrected chi connectivity index (χ0v) is 7.54. The molecule has 0 aliphatic heterocycles. The van der Waals surface area contributed by atoms with Crippen molar-refractivity contribution >= 4 is 50.7 Å². The molecule has 0 amide bonds. The first-order chi connectivity index (χ1) is 3.55. The van der Waals surface area contributed by atoms with Gasteiger partial charge >= 0.3 is 0 Å². The third kappa shape index (κ3) is 3.36. The van der Waals surface area contributed by atoms with Crippen LogP contribution in [0.2, 0.25) is 0 Å². The number of rotatable bonds is 2. The lowest BCUT2D eigenvalue weighted by Gasteiger charge is -2.10. The molecule has 0 saturated carbocycles. The molecule has 0 spiro atoms. The highest BCUT2D eigenvalue weighted by molar-refractivity contribution is 9.10. The van der Waals surface area contributed by atoms with E-state index in [1.54, 1.807) is 0 Å². The smallest absolute Gasteiger partial charge is 0.135 e. The van der Waals surface area contributed by atoms with Gasteiger partial charge in [-0.25, -0.2) is 0 Å². The van der Waals surface area contributed by atoms with Crippen LogP contribution >= 0.6 is 50.7 Å². The number of aliphatic hydroxyl groups excluding tert-OH is 1. The van der Waals surface area contributed by atoms with Crippen LogP contribution in [0.5, 0.6) is 0 Å². The van der Waals surface area contributed by atoms with Crippen LogP contribution < -0.4 is 0 Å². The van der Waals surface area contributed by atoms with Crippen LogP contribution in [0.4, 0.5) is 0 Å². The van der Waals surface area contributed by atoms with Crippen molar-refractivity contribution in [1.29, 1.82) is 0 Å². The first-order valence-corrected chi connectivity index (χ1v) is 4.02. The fourth-order valence-electron chi connectivity index (χ4n) is 0.110. The van der Waals surface area contributed by atoms with Gasteiger partial charge in [0.15, 0.2) is 0 Å². The lowest BCUT2D eigenvalue weighted by molar-refractivity contribution is 0.206. The zero-order chi connectivity index (χ0) is 6.73. The van der Waals surface area contributed by atoms with Gasteiger partial charge in [0.25, 0.3) is 0 Å². The summed E-state index contributed by atoms with van der Waals surface area (Å²) in [4.78, 5) is -0.836. The van der Waals surface area contributed by atoms with Crippen molar-refractivity contribution in [3.63, 3.8) is 0 Å². The summed E-state index contributed by atoms with van der Waals surface area (Å²) < 4.78 is -0.581. The molecular weight excluding hydrogens is 238 g/mol. The SMILES string of the molecule is OC(C(Cl)Cl)C(Cl)Br. The van der Waals surface area contributed by atoms with Crippen molar-refractivity contribution in [1.82, 2.24) is 0 Å². The normalized spacial score (nSPS) is 18.8. The molecule has 5 heteroatoms. The number of alkyl halides is 4. The number of hydrogen-bond acceptors (Lipinski definition) is 1. The highest BCUT2D eigenvalue weighted by Crippen LogP contribution is 2.19. The van der Waals surface area contributed by atoms with Gasteiger partial charge in [0, 0.05) is 0 Å². The molecule has 50 valence electrons. The monoisotopic (exact) mass is 240 g/mol. The van der Waals surface area contributed by atoms with Crippen LogP contribution in [0.25, 0.3) is 0 Å². The maximum absolute atomic E-state index is 8.76. The molecule has 0 bridgehead atoms. The van der Waals surface area contributed by atoms with E-state index in [9.17, 15) is 0 Å². The molecule has 1 N–H and O–H groups in total. The minimum absolute atomic E-state index is 0.581. The average molecular weight is 242 g/mol. The Hall–Kier alpha value is 1.31. The molecule has 0 fully saturated rings. The van der Waals surface area contributed by atoms with Crippen molar-refractivity contribution < 1.29 is 5.11 Å². The summed E-state index contributed by atoms with van der Waals surface area (Å²) in [5, 5.41) is 8.76. The van der Waals surface area contributed by atoms with Gasteiger partial charge in [-0.1, -0.05) is 15.9 Å². The van der Waals surface area contributed by atoms with E-state index in [-0.39, 0.29) is 0 Å². The third-order valence-electron chi connectivity index (χ3n) is 0.516. The van der Waals surface area contributed by atoms with Gasteiger partial charge in [0.1, 0.15) is 15.2 Å². The first-order valence-electron chi connectivity index (χ1n) is 1.80. The molecular formula is C3H4BrCl3O. The van der Waals surface area contributed by atoms with E-state index in [0.717, 1.165) is 0 Å². The second-order valence-electron chi connectivity index (χ2n) is 1.16. The standard InChI is InChI=1S/C3H4BrCl3O/c4-2(5)1(8)3(6)7/h1-3,8H. The van der Waals surface area contributed by atoms with Gasteiger partial charge in [-0.15, -0.1) is 34.8 Å². The van der Waals surface area contributed by atoms with Crippen LogP contribution in [-0.4, -0.2) is 20.3 Å². The minimum atomic E-state index is -0.917. The molecule has 0 aromatic carbocycles. The van der Waals surface area contributed by atoms with Gasteiger partial charge in [-0.05, 0) is 0 Å². The highest BCUT2D eigenvalue weighted by atomic mass is 79.9. The Morgan fingerprint density at radius 1 is 1.25 bits per heavy atom. The van der Waals surface area contributed by atoms with Crippen LogP contribution in [0.15, 0.2) is 0 Å². The Labute approximate surface area is 71.0 Å². The lowest BCUT2D eigenvalue weighted by Crippen LogP contribution is -2.22. The van der Waals surface area contributed by atoms with E-state index in [1.807, 2.05) is 0 Å². The van der Waals surface area contributed by atoms with Crippen molar-refractivity contribution in [2.24, 2.45) is 0 Å². The molecule has 0 aromatic rings. The second-order valence-corrected chi connectivity index (χ2v) is 4.31. The molecule has 0 aliphatic rings. The predicted molar refractivity (Wildman–Crippen MR) is 40.1 cm³/mol. The van der Waals surface area contributed by atoms with E-state index >= 15 is 0 Å². The molecule has 2 atom stereocenters. The predicted octanol–water partition coefficient (Wildman–Crippen LogP) is 2.11. The summed E-state index contributed by atoms with van der Waals surface area (Å²) in [7, 11) is 0. The maximum Gasteiger partial charge on any atom is 0.135 e. The zero-order valence-electron chi connectivity index (χ0n) is 3.69. The van der Waals surface area contributed by atoms with Crippen molar-refractivity contribution in [3.8, 4) is 0 Å². The molecule has 0 aliphatic carbocycles. The third-order valence-corrected chi connectivity index (χ3v) is 1.83. The lowest BCUT2D eigenvalue weighted by atomic mass is 10.5. The summed E-state index contributed by atoms with van der Waals surface area (Å²) in [6, 6.07) is 0. The van der Waals surface area contributed by atoms with Gasteiger partial charge in [0.2, 0.25) is 0 Å². The van der Waals surface area contributed by atoms with Crippen LogP contribution in [0.1, 0.15) is 0 Å². The van der Waals surface area contributed by atoms with Crippen LogP contribution in [0.3, 0.4) is 0 Å². The number of aliphatic hydroxyl groups is 1. The summed E-state index contributed by atoms with van der Waals surface area (Å²) >= 11 is 18.7. The largest absolute Gasteiger partial charge is 0.388 e. The Morgan fingerprint density at radius 2 is 1.62 bits per heavy atom. The summed E-state index contributed by atoms with van der Waals surface area (Å²) in [5.74, 6) is 0. The average Bonchev–Trinajstić information content (AvgIpc) is 1.64. The molecule has 0 rings (SSSR count). The molecule has 1 nitrogen and oxygen atoms in total. The van der Waals surface area contributed by atoms with E-state index in [0.29, 0.717) is 0 Å². The molecule has 0 aromatic heterocycles. The topological polar surface area (TPSA) is 20.2 Å². The summed E-state index contributed by atoms with van der Waals surface area (Å²) in [5.41, 5.74) is 0. The van der Waals surface area contributed by atoms with Gasteiger partial charge in [-0.2, -0.15) is 0 Å². The quantitative estimate of drug-likeness (QED) is 0.735. The van der Waals surface area contributed by atoms with E-state index in [4.69, 9.17) is 39.9 Å². The van der Waals surface area contributed by atoms with E-state index in [1.165, 1.54) is 0 Å². The van der Waals surface area contributed by atoms with Crippen LogP contribution in [-0.2, 0) is 0 Å². The summed E-state index contributed by atoms with van der Waals surface area (Å²) in [6.07, 6.45) is -0.917. The Morgan fingerprint density at radius 3 is 1.62 bits per heavy atom. The van der Waals surface area contributed by atoms with Gasteiger partial charge in [0.05, 0.1) is 0 Å². The molecule has 0 radical (unpaired) electrons. The Bertz CT molecular complexity index is 59.5. The fourth-order valence-corrected chi connectivity index (χ4v) is 1.35. The molecule has 8 heavy (non-hydrogen) atoms. The number of hydrogen-bond donors (Lipinski definition) is 1. The van der Waals surface area contributed by atoms with Gasteiger partial charge < -0.3 is 5.11 Å². The van der Waals surface area contributed by atoms with E-state index in [2.05, 4.69) is 15.9 Å². The molecule has 0 heterocycles. The van der Waals surface area contributed by atoms with Crippen molar-refractivity contribution in [2.45, 2.75) is 15.2 Å². The van der Waals surface area contributed by atoms with Crippen LogP contribution in [0, 0.1) is 0 Å². The highest BCUT2D eigenvalue weighted by Gasteiger charge is 2.19. The van der Waals surface area contributed by atoms with E-state index < -0.39 is 15.2 Å². The maximum atomic E-state index is 8.76. The molecule has 0 saturated heterocycles. The molecule has 2 unspecified atom stereocenters. The Kier molecular flexibility index (Phi) is 4.86. The van der Waals surface area contributed by atoms with Crippen molar-refractivity contribution in [3.05, 3.63) is 0 Å². The van der Waals surface area contributed by atoms with Crippen molar-refractivity contribution in [2.75, 3.05) is 0 Å². The van der Waals surface area contributed by atoms with Gasteiger partial charge in [-0.3, -0.25) is 0 Å². The fraction of sp³-hybridized carbons (Fsp3) is 1.00. The minimum Gasteiger partial charge on any atom is -0.388 e.